The fourth-order valence-electron chi connectivity index (χ4n) is 4.85. The van der Waals surface area contributed by atoms with Crippen molar-refractivity contribution >= 4 is 13.8 Å². The van der Waals surface area contributed by atoms with Crippen LogP contribution in [0, 0.1) is 0 Å². The maximum Gasteiger partial charge on any atom is 0.472 e. The Bertz CT molecular complexity index is 1030. The molecule has 0 aliphatic carbocycles. The molecule has 0 fully saturated rings. The van der Waals surface area contributed by atoms with Crippen LogP contribution in [-0.2, 0) is 27.9 Å². The van der Waals surface area contributed by atoms with Gasteiger partial charge in [-0.2, -0.15) is 0 Å². The van der Waals surface area contributed by atoms with Crippen LogP contribution in [0.25, 0.3) is 0 Å². The molecule has 0 rings (SSSR count). The summed E-state index contributed by atoms with van der Waals surface area (Å²) in [6, 6.07) is 0. The van der Waals surface area contributed by atoms with Crippen LogP contribution in [-0.4, -0.2) is 66.3 Å². The average molecular weight is 753 g/mol. The molecule has 9 nitrogen and oxygen atoms in total. The van der Waals surface area contributed by atoms with E-state index in [0.29, 0.717) is 13.0 Å². The van der Waals surface area contributed by atoms with Gasteiger partial charge in [-0.1, -0.05) is 132 Å². The van der Waals surface area contributed by atoms with Gasteiger partial charge in [0.05, 0.1) is 26.4 Å². The zero-order chi connectivity index (χ0) is 38.2. The fourth-order valence-corrected chi connectivity index (χ4v) is 5.64. The highest BCUT2D eigenvalue weighted by molar-refractivity contribution is 7.47. The number of hydrogen-bond donors (Lipinski definition) is 3. The van der Waals surface area contributed by atoms with Gasteiger partial charge in [0.25, 0.3) is 0 Å². The van der Waals surface area contributed by atoms with E-state index >= 15 is 0 Å². The lowest BCUT2D eigenvalue weighted by atomic mass is 10.1. The van der Waals surface area contributed by atoms with Crippen LogP contribution < -0.4 is 0 Å². The summed E-state index contributed by atoms with van der Waals surface area (Å²) in [5, 5.41) is 18.3. The summed E-state index contributed by atoms with van der Waals surface area (Å²) in [7, 11) is -4.53. The number of allylic oxidation sites excluding steroid dienone is 12. The average Bonchev–Trinajstić information content (AvgIpc) is 3.13. The molecule has 0 aliphatic heterocycles. The van der Waals surface area contributed by atoms with Crippen molar-refractivity contribution < 1.29 is 43.0 Å². The van der Waals surface area contributed by atoms with Crippen molar-refractivity contribution in [2.24, 2.45) is 0 Å². The van der Waals surface area contributed by atoms with Crippen LogP contribution in [0.4, 0.5) is 0 Å². The van der Waals surface area contributed by atoms with Crippen molar-refractivity contribution in [2.75, 3.05) is 33.0 Å². The van der Waals surface area contributed by atoms with E-state index in [1.807, 2.05) is 0 Å². The molecule has 52 heavy (non-hydrogen) atoms. The van der Waals surface area contributed by atoms with E-state index in [4.69, 9.17) is 23.6 Å². The zero-order valence-corrected chi connectivity index (χ0v) is 33.4. The summed E-state index contributed by atoms with van der Waals surface area (Å²) in [6.07, 6.45) is 44.3. The molecule has 3 unspecified atom stereocenters. The van der Waals surface area contributed by atoms with Crippen LogP contribution in [0.15, 0.2) is 72.9 Å². The van der Waals surface area contributed by atoms with Crippen molar-refractivity contribution in [1.82, 2.24) is 0 Å². The van der Waals surface area contributed by atoms with Crippen LogP contribution in [0.2, 0.25) is 0 Å². The van der Waals surface area contributed by atoms with Crippen molar-refractivity contribution in [3.05, 3.63) is 72.9 Å². The largest absolute Gasteiger partial charge is 0.472 e. The Kier molecular flexibility index (Phi) is 37.1. The first-order valence-electron chi connectivity index (χ1n) is 19.9. The van der Waals surface area contributed by atoms with Gasteiger partial charge in [0, 0.05) is 13.0 Å². The predicted octanol–water partition coefficient (Wildman–Crippen LogP) is 10.6. The second kappa shape index (κ2) is 38.6. The summed E-state index contributed by atoms with van der Waals surface area (Å²) in [6.45, 7) is 3.24. The van der Waals surface area contributed by atoms with Crippen molar-refractivity contribution in [3.63, 3.8) is 0 Å². The van der Waals surface area contributed by atoms with Gasteiger partial charge in [-0.25, -0.2) is 4.57 Å². The van der Waals surface area contributed by atoms with Gasteiger partial charge in [-0.05, 0) is 77.0 Å². The van der Waals surface area contributed by atoms with Crippen molar-refractivity contribution in [1.29, 1.82) is 0 Å². The summed E-state index contributed by atoms with van der Waals surface area (Å²) in [5.41, 5.74) is 0. The van der Waals surface area contributed by atoms with Gasteiger partial charge in [0.2, 0.25) is 0 Å². The molecular weight excluding hydrogens is 679 g/mol. The van der Waals surface area contributed by atoms with Crippen LogP contribution in [0.5, 0.6) is 0 Å². The maximum absolute atomic E-state index is 12.6. The second-order valence-electron chi connectivity index (χ2n) is 12.9. The topological polar surface area (TPSA) is 132 Å². The first-order chi connectivity index (χ1) is 25.3. The number of unbranched alkanes of at least 4 members (excludes halogenated alkanes) is 11. The number of ether oxygens (including phenoxy) is 2. The number of aliphatic hydroxyl groups is 2. The zero-order valence-electron chi connectivity index (χ0n) is 32.5. The molecule has 0 aromatic carbocycles. The normalized spacial score (nSPS) is 14.9. The molecule has 0 aliphatic rings. The first-order valence-corrected chi connectivity index (χ1v) is 21.4. The Labute approximate surface area is 316 Å². The molecule has 0 bridgehead atoms. The van der Waals surface area contributed by atoms with Crippen LogP contribution in [0.3, 0.4) is 0 Å². The second-order valence-corrected chi connectivity index (χ2v) is 14.4. The minimum Gasteiger partial charge on any atom is -0.457 e. The summed E-state index contributed by atoms with van der Waals surface area (Å²) in [4.78, 5) is 22.5. The Morgan fingerprint density at radius 1 is 0.615 bits per heavy atom. The van der Waals surface area contributed by atoms with Gasteiger partial charge in [0.15, 0.2) is 0 Å². The monoisotopic (exact) mass is 752 g/mol. The smallest absolute Gasteiger partial charge is 0.457 e. The SMILES string of the molecule is CC/C=C\C/C=C\C/C=C\C/C=C\CCCCCCCOCC(COP(=O)(O)OCC(O)CO)OC(=O)CCCCCCC/C=C\C/C=C\CCC. The van der Waals surface area contributed by atoms with Gasteiger partial charge in [-0.15, -0.1) is 0 Å². The minimum absolute atomic E-state index is 0.0265. The summed E-state index contributed by atoms with van der Waals surface area (Å²) in [5.74, 6) is -0.408. The van der Waals surface area contributed by atoms with Gasteiger partial charge < -0.3 is 24.6 Å². The highest BCUT2D eigenvalue weighted by Gasteiger charge is 2.26. The van der Waals surface area contributed by atoms with Crippen molar-refractivity contribution in [2.45, 2.75) is 154 Å². The Morgan fingerprint density at radius 3 is 1.65 bits per heavy atom. The number of hydrogen-bond acceptors (Lipinski definition) is 8. The molecule has 3 N–H and O–H groups in total. The number of rotatable bonds is 37. The predicted molar refractivity (Wildman–Crippen MR) is 214 cm³/mol. The highest BCUT2D eigenvalue weighted by atomic mass is 31.2. The van der Waals surface area contributed by atoms with E-state index in [-0.39, 0.29) is 13.0 Å². The van der Waals surface area contributed by atoms with Crippen LogP contribution in [0.1, 0.15) is 142 Å². The van der Waals surface area contributed by atoms with E-state index in [1.165, 1.54) is 6.42 Å². The summed E-state index contributed by atoms with van der Waals surface area (Å²) < 4.78 is 33.2. The highest BCUT2D eigenvalue weighted by Crippen LogP contribution is 2.43. The number of esters is 1. The molecule has 0 saturated heterocycles. The number of carbonyl (C=O) groups is 1. The standard InChI is InChI=1S/C42H73O9P/c1-3-5-7-9-11-13-15-17-18-19-20-21-23-25-27-29-31-33-35-48-38-41(39-50-52(46,47)49-37-40(44)36-43)51-42(45)34-32-30-28-26-24-22-16-14-12-10-8-6-4-2/h5,7-8,10-11,13-14,16-18,20-21,40-41,43-44H,3-4,6,9,12,15,19,22-39H2,1-2H3,(H,46,47)/b7-5-,10-8-,13-11-,16-14-,18-17-,21-20-. The first kappa shape index (κ1) is 49.9. The number of phosphoric acid groups is 1. The molecular formula is C42H73O9P. The lowest BCUT2D eigenvalue weighted by Crippen LogP contribution is -2.29. The number of carbonyl (C=O) groups excluding carboxylic acids is 1. The van der Waals surface area contributed by atoms with E-state index in [0.717, 1.165) is 109 Å². The quantitative estimate of drug-likeness (QED) is 0.0245. The molecule has 0 spiro atoms. The molecule has 10 heteroatoms. The van der Waals surface area contributed by atoms with Gasteiger partial charge >= 0.3 is 13.8 Å². The van der Waals surface area contributed by atoms with Crippen molar-refractivity contribution in [3.8, 4) is 0 Å². The van der Waals surface area contributed by atoms with E-state index < -0.39 is 45.8 Å². The lowest BCUT2D eigenvalue weighted by Gasteiger charge is -2.20. The summed E-state index contributed by atoms with van der Waals surface area (Å²) >= 11 is 0. The molecule has 0 aromatic rings. The molecule has 0 saturated carbocycles. The number of aliphatic hydroxyl groups excluding tert-OH is 2. The van der Waals surface area contributed by atoms with Crippen LogP contribution >= 0.6 is 7.82 Å². The minimum atomic E-state index is -4.53. The maximum atomic E-state index is 12.6. The molecule has 0 radical (unpaired) electrons. The molecule has 0 heterocycles. The number of phosphoric ester groups is 1. The Balaban J connectivity index is 4.28. The molecule has 0 amide bonds. The van der Waals surface area contributed by atoms with E-state index in [2.05, 4.69) is 86.8 Å². The third kappa shape index (κ3) is 37.7. The third-order valence-electron chi connectivity index (χ3n) is 7.86. The van der Waals surface area contributed by atoms with Gasteiger partial charge in [-0.3, -0.25) is 13.8 Å². The fraction of sp³-hybridized carbons (Fsp3) is 0.690. The Morgan fingerprint density at radius 2 is 1.10 bits per heavy atom. The Hall–Kier alpha value is -2.10. The molecule has 3 atom stereocenters. The molecule has 0 aromatic heterocycles. The van der Waals surface area contributed by atoms with E-state index in [1.54, 1.807) is 0 Å². The third-order valence-corrected chi connectivity index (χ3v) is 8.81. The molecule has 300 valence electrons. The van der Waals surface area contributed by atoms with Gasteiger partial charge in [0.1, 0.15) is 12.2 Å². The lowest BCUT2D eigenvalue weighted by molar-refractivity contribution is -0.154. The van der Waals surface area contributed by atoms with E-state index in [9.17, 15) is 19.4 Å².